The minimum atomic E-state index is 1.03. The third kappa shape index (κ3) is 2.29. The number of nitrogens with zero attached hydrogens (tertiary/aromatic N) is 2. The van der Waals surface area contributed by atoms with Crippen LogP contribution in [0.5, 0.6) is 0 Å². The lowest BCUT2D eigenvalue weighted by Gasteiger charge is -2.29. The van der Waals surface area contributed by atoms with Crippen LogP contribution in [0, 0.1) is 6.92 Å². The quantitative estimate of drug-likeness (QED) is 0.799. The fourth-order valence-electron chi connectivity index (χ4n) is 2.62. The number of fused-ring (bicyclic) bond motifs is 1. The molecule has 1 aromatic carbocycles. The van der Waals surface area contributed by atoms with E-state index in [0.29, 0.717) is 0 Å². The average molecular weight is 238 g/mol. The summed E-state index contributed by atoms with van der Waals surface area (Å²) in [6.45, 7) is 5.36. The Morgan fingerprint density at radius 2 is 2.00 bits per heavy atom. The van der Waals surface area contributed by atoms with Gasteiger partial charge in [-0.25, -0.2) is 0 Å². The van der Waals surface area contributed by atoms with Gasteiger partial charge in [-0.1, -0.05) is 30.3 Å². The van der Waals surface area contributed by atoms with Crippen molar-refractivity contribution in [1.82, 2.24) is 9.88 Å². The van der Waals surface area contributed by atoms with E-state index in [4.69, 9.17) is 0 Å². The van der Waals surface area contributed by atoms with Gasteiger partial charge in [0.15, 0.2) is 0 Å². The van der Waals surface area contributed by atoms with Crippen molar-refractivity contribution in [3.63, 3.8) is 0 Å². The van der Waals surface area contributed by atoms with Gasteiger partial charge in [0.2, 0.25) is 0 Å². The Hall–Kier alpha value is -1.67. The molecular formula is C16H18N2. The molecule has 0 bridgehead atoms. The maximum atomic E-state index is 4.49. The van der Waals surface area contributed by atoms with E-state index in [1.807, 2.05) is 6.20 Å². The van der Waals surface area contributed by atoms with Gasteiger partial charge in [-0.2, -0.15) is 0 Å². The molecular weight excluding hydrogens is 220 g/mol. The highest BCUT2D eigenvalue weighted by atomic mass is 15.1. The van der Waals surface area contributed by atoms with E-state index in [1.54, 1.807) is 0 Å². The van der Waals surface area contributed by atoms with Crippen LogP contribution in [-0.4, -0.2) is 16.4 Å². The van der Waals surface area contributed by atoms with Crippen molar-refractivity contribution in [2.75, 3.05) is 6.54 Å². The van der Waals surface area contributed by atoms with Crippen LogP contribution in [0.4, 0.5) is 0 Å². The maximum Gasteiger partial charge on any atom is 0.0463 e. The molecule has 0 N–H and O–H groups in total. The van der Waals surface area contributed by atoms with Crippen molar-refractivity contribution in [1.29, 1.82) is 0 Å². The summed E-state index contributed by atoms with van der Waals surface area (Å²) in [5.41, 5.74) is 5.49. The van der Waals surface area contributed by atoms with E-state index >= 15 is 0 Å². The molecule has 0 saturated heterocycles. The van der Waals surface area contributed by atoms with Gasteiger partial charge < -0.3 is 0 Å². The highest BCUT2D eigenvalue weighted by Gasteiger charge is 2.18. The molecule has 2 aromatic rings. The Morgan fingerprint density at radius 3 is 2.83 bits per heavy atom. The summed E-state index contributed by atoms with van der Waals surface area (Å²) >= 11 is 0. The van der Waals surface area contributed by atoms with Crippen LogP contribution < -0.4 is 0 Å². The van der Waals surface area contributed by atoms with Gasteiger partial charge in [0, 0.05) is 37.9 Å². The number of hydrogen-bond donors (Lipinski definition) is 0. The van der Waals surface area contributed by atoms with Crippen molar-refractivity contribution in [2.24, 2.45) is 0 Å². The summed E-state index contributed by atoms with van der Waals surface area (Å²) in [5, 5.41) is 0. The summed E-state index contributed by atoms with van der Waals surface area (Å²) < 4.78 is 0. The molecule has 0 radical (unpaired) electrons. The second-order valence-electron chi connectivity index (χ2n) is 5.00. The molecule has 18 heavy (non-hydrogen) atoms. The third-order valence-corrected chi connectivity index (χ3v) is 3.67. The predicted molar refractivity (Wildman–Crippen MR) is 73.2 cm³/mol. The topological polar surface area (TPSA) is 16.1 Å². The van der Waals surface area contributed by atoms with Crippen LogP contribution >= 0.6 is 0 Å². The van der Waals surface area contributed by atoms with E-state index in [1.165, 1.54) is 22.4 Å². The fraction of sp³-hybridized carbons (Fsp3) is 0.312. The molecule has 0 amide bonds. The molecule has 0 unspecified atom stereocenters. The van der Waals surface area contributed by atoms with Crippen LogP contribution in [0.3, 0.4) is 0 Å². The summed E-state index contributed by atoms with van der Waals surface area (Å²) in [6.07, 6.45) is 3.00. The van der Waals surface area contributed by atoms with Crippen molar-refractivity contribution >= 4 is 0 Å². The van der Waals surface area contributed by atoms with Crippen LogP contribution in [-0.2, 0) is 19.5 Å². The number of aromatic nitrogens is 1. The van der Waals surface area contributed by atoms with E-state index in [0.717, 1.165) is 26.1 Å². The summed E-state index contributed by atoms with van der Waals surface area (Å²) in [7, 11) is 0. The number of pyridine rings is 1. The molecule has 0 atom stereocenters. The smallest absolute Gasteiger partial charge is 0.0463 e. The molecule has 0 spiro atoms. The first-order valence-electron chi connectivity index (χ1n) is 6.52. The number of hydrogen-bond acceptors (Lipinski definition) is 2. The molecule has 2 heteroatoms. The second kappa shape index (κ2) is 4.91. The monoisotopic (exact) mass is 238 g/mol. The standard InChI is InChI=1S/C16H18N2/c1-13-7-9-17-16-8-10-18(12-15(13)16)11-14-5-3-2-4-6-14/h2-7,9H,8,10-12H2,1H3. The summed E-state index contributed by atoms with van der Waals surface area (Å²) in [6, 6.07) is 12.8. The lowest BCUT2D eigenvalue weighted by atomic mass is 10.0. The van der Waals surface area contributed by atoms with E-state index in [9.17, 15) is 0 Å². The average Bonchev–Trinajstić information content (AvgIpc) is 2.41. The molecule has 2 nitrogen and oxygen atoms in total. The number of rotatable bonds is 2. The predicted octanol–water partition coefficient (Wildman–Crippen LogP) is 2.95. The summed E-state index contributed by atoms with van der Waals surface area (Å²) in [4.78, 5) is 7.00. The minimum absolute atomic E-state index is 1.03. The van der Waals surface area contributed by atoms with Crippen molar-refractivity contribution in [2.45, 2.75) is 26.4 Å². The molecule has 92 valence electrons. The van der Waals surface area contributed by atoms with E-state index < -0.39 is 0 Å². The van der Waals surface area contributed by atoms with Gasteiger partial charge in [0.1, 0.15) is 0 Å². The van der Waals surface area contributed by atoms with Crippen LogP contribution in [0.2, 0.25) is 0 Å². The van der Waals surface area contributed by atoms with Gasteiger partial charge in [0.05, 0.1) is 0 Å². The minimum Gasteiger partial charge on any atom is -0.294 e. The zero-order valence-electron chi connectivity index (χ0n) is 10.8. The highest BCUT2D eigenvalue weighted by molar-refractivity contribution is 5.31. The van der Waals surface area contributed by atoms with Crippen molar-refractivity contribution < 1.29 is 0 Å². The SMILES string of the molecule is Cc1ccnc2c1CN(Cc1ccccc1)CC2. The fourth-order valence-corrected chi connectivity index (χ4v) is 2.62. The second-order valence-corrected chi connectivity index (χ2v) is 5.00. The number of aryl methyl sites for hydroxylation is 1. The van der Waals surface area contributed by atoms with Crippen LogP contribution in [0.25, 0.3) is 0 Å². The maximum absolute atomic E-state index is 4.49. The Kier molecular flexibility index (Phi) is 3.11. The van der Waals surface area contributed by atoms with E-state index in [-0.39, 0.29) is 0 Å². The first-order valence-corrected chi connectivity index (χ1v) is 6.52. The zero-order valence-corrected chi connectivity index (χ0v) is 10.8. The van der Waals surface area contributed by atoms with Crippen molar-refractivity contribution in [3.05, 3.63) is 65.0 Å². The van der Waals surface area contributed by atoms with E-state index in [2.05, 4.69) is 53.2 Å². The molecule has 1 aliphatic rings. The highest BCUT2D eigenvalue weighted by Crippen LogP contribution is 2.21. The van der Waals surface area contributed by atoms with Gasteiger partial charge in [-0.05, 0) is 29.7 Å². The first kappa shape index (κ1) is 11.4. The number of benzene rings is 1. The van der Waals surface area contributed by atoms with Gasteiger partial charge in [0.25, 0.3) is 0 Å². The molecule has 3 rings (SSSR count). The summed E-state index contributed by atoms with van der Waals surface area (Å²) in [5.74, 6) is 0. The Labute approximate surface area is 108 Å². The molecule has 0 saturated carbocycles. The molecule has 1 aliphatic heterocycles. The Bertz CT molecular complexity index is 534. The van der Waals surface area contributed by atoms with Crippen molar-refractivity contribution in [3.8, 4) is 0 Å². The van der Waals surface area contributed by atoms with Crippen LogP contribution in [0.1, 0.15) is 22.4 Å². The normalized spacial score (nSPS) is 15.4. The van der Waals surface area contributed by atoms with Gasteiger partial charge in [-0.15, -0.1) is 0 Å². The molecule has 2 heterocycles. The molecule has 1 aromatic heterocycles. The Morgan fingerprint density at radius 1 is 1.17 bits per heavy atom. The lowest BCUT2D eigenvalue weighted by Crippen LogP contribution is -2.31. The zero-order chi connectivity index (χ0) is 12.4. The molecule has 0 aliphatic carbocycles. The lowest BCUT2D eigenvalue weighted by molar-refractivity contribution is 0.243. The van der Waals surface area contributed by atoms with Gasteiger partial charge in [-0.3, -0.25) is 9.88 Å². The van der Waals surface area contributed by atoms with Crippen LogP contribution in [0.15, 0.2) is 42.6 Å². The largest absolute Gasteiger partial charge is 0.294 e. The molecule has 0 fully saturated rings. The first-order chi connectivity index (χ1) is 8.83. The third-order valence-electron chi connectivity index (χ3n) is 3.67. The van der Waals surface area contributed by atoms with Gasteiger partial charge >= 0.3 is 0 Å². The Balaban J connectivity index is 1.77.